The molecule has 5 heteroatoms. The maximum atomic E-state index is 13.6. The number of fused-ring (bicyclic) bond motifs is 3. The van der Waals surface area contributed by atoms with E-state index in [4.69, 9.17) is 4.74 Å². The fraction of sp³-hybridized carbons (Fsp3) is 0.571. The van der Waals surface area contributed by atoms with E-state index in [0.29, 0.717) is 30.7 Å². The minimum absolute atomic E-state index is 0.202. The standard InChI is InChI=1S/C21H28FN3O/c1-3-8-26-20-10-18-6-7-19(11-20)24(18)13-15(2)14-25-21-9-17(22)5-4-16(21)12-23-25/h3-5,9,12,15,18-20H,1,6-8,10-11,13-14H2,2H3/t15-,18?,19?,20?/m1/s1. The Morgan fingerprint density at radius 3 is 2.81 bits per heavy atom. The molecule has 0 N–H and O–H groups in total. The molecule has 4 nitrogen and oxygen atoms in total. The highest BCUT2D eigenvalue weighted by molar-refractivity contribution is 5.78. The smallest absolute Gasteiger partial charge is 0.125 e. The molecular formula is C21H28FN3O. The lowest BCUT2D eigenvalue weighted by atomic mass is 9.98. The summed E-state index contributed by atoms with van der Waals surface area (Å²) in [6, 6.07) is 6.15. The Labute approximate surface area is 154 Å². The molecule has 0 amide bonds. The first-order chi connectivity index (χ1) is 12.6. The van der Waals surface area contributed by atoms with Gasteiger partial charge < -0.3 is 4.74 Å². The maximum absolute atomic E-state index is 13.6. The molecule has 140 valence electrons. The predicted octanol–water partition coefficient (Wildman–Crippen LogP) is 4.01. The molecule has 2 bridgehead atoms. The Balaban J connectivity index is 1.38. The van der Waals surface area contributed by atoms with Gasteiger partial charge in [-0.3, -0.25) is 9.58 Å². The predicted molar refractivity (Wildman–Crippen MR) is 102 cm³/mol. The van der Waals surface area contributed by atoms with Crippen LogP contribution in [0.1, 0.15) is 32.6 Å². The number of rotatable bonds is 7. The number of ether oxygens (including phenoxy) is 1. The molecule has 0 aliphatic carbocycles. The van der Waals surface area contributed by atoms with Crippen LogP contribution >= 0.6 is 0 Å². The molecule has 0 radical (unpaired) electrons. The fourth-order valence-electron chi connectivity index (χ4n) is 4.76. The number of piperidine rings is 1. The van der Waals surface area contributed by atoms with Gasteiger partial charge in [-0.15, -0.1) is 6.58 Å². The van der Waals surface area contributed by atoms with E-state index in [0.717, 1.165) is 36.8 Å². The van der Waals surface area contributed by atoms with Crippen molar-refractivity contribution in [3.63, 3.8) is 0 Å². The second-order valence-electron chi connectivity index (χ2n) is 7.93. The zero-order valence-corrected chi connectivity index (χ0v) is 15.5. The van der Waals surface area contributed by atoms with Crippen molar-refractivity contribution in [2.75, 3.05) is 13.2 Å². The van der Waals surface area contributed by atoms with E-state index >= 15 is 0 Å². The van der Waals surface area contributed by atoms with Crippen molar-refractivity contribution in [1.29, 1.82) is 0 Å². The fourth-order valence-corrected chi connectivity index (χ4v) is 4.76. The van der Waals surface area contributed by atoms with E-state index < -0.39 is 0 Å². The van der Waals surface area contributed by atoms with Gasteiger partial charge in [-0.2, -0.15) is 5.10 Å². The average Bonchev–Trinajstić information content (AvgIpc) is 3.10. The number of hydrogen-bond acceptors (Lipinski definition) is 3. The van der Waals surface area contributed by atoms with E-state index in [1.807, 2.05) is 17.0 Å². The summed E-state index contributed by atoms with van der Waals surface area (Å²) in [6.45, 7) is 8.56. The van der Waals surface area contributed by atoms with Gasteiger partial charge >= 0.3 is 0 Å². The van der Waals surface area contributed by atoms with Gasteiger partial charge in [-0.05, 0) is 49.8 Å². The molecule has 2 aromatic rings. The Morgan fingerprint density at radius 2 is 2.08 bits per heavy atom. The van der Waals surface area contributed by atoms with Crippen LogP contribution < -0.4 is 0 Å². The van der Waals surface area contributed by atoms with Gasteiger partial charge in [0.2, 0.25) is 0 Å². The number of hydrogen-bond donors (Lipinski definition) is 0. The monoisotopic (exact) mass is 357 g/mol. The van der Waals surface area contributed by atoms with Crippen LogP contribution in [0.25, 0.3) is 10.9 Å². The third-order valence-electron chi connectivity index (χ3n) is 5.90. The van der Waals surface area contributed by atoms with Crippen molar-refractivity contribution in [1.82, 2.24) is 14.7 Å². The quantitative estimate of drug-likeness (QED) is 0.702. The molecule has 0 saturated carbocycles. The minimum atomic E-state index is -0.202. The first-order valence-electron chi connectivity index (χ1n) is 9.73. The van der Waals surface area contributed by atoms with E-state index in [1.165, 1.54) is 18.9 Å². The number of benzene rings is 1. The van der Waals surface area contributed by atoms with E-state index in [-0.39, 0.29) is 5.82 Å². The average molecular weight is 357 g/mol. The summed E-state index contributed by atoms with van der Waals surface area (Å²) in [4.78, 5) is 2.69. The van der Waals surface area contributed by atoms with Gasteiger partial charge in [0.25, 0.3) is 0 Å². The highest BCUT2D eigenvalue weighted by atomic mass is 19.1. The van der Waals surface area contributed by atoms with Crippen LogP contribution in [0.3, 0.4) is 0 Å². The second kappa shape index (κ2) is 7.49. The van der Waals surface area contributed by atoms with Crippen molar-refractivity contribution >= 4 is 10.9 Å². The Morgan fingerprint density at radius 1 is 1.31 bits per heavy atom. The van der Waals surface area contributed by atoms with Crippen LogP contribution in [0, 0.1) is 11.7 Å². The normalized spacial score (nSPS) is 27.1. The Kier molecular flexibility index (Phi) is 5.09. The third-order valence-corrected chi connectivity index (χ3v) is 5.90. The van der Waals surface area contributed by atoms with Gasteiger partial charge in [-0.25, -0.2) is 4.39 Å². The van der Waals surface area contributed by atoms with Crippen molar-refractivity contribution in [3.8, 4) is 0 Å². The number of aromatic nitrogens is 2. The van der Waals surface area contributed by atoms with Crippen molar-refractivity contribution in [2.24, 2.45) is 5.92 Å². The molecule has 2 unspecified atom stereocenters. The zero-order chi connectivity index (χ0) is 18.1. The maximum Gasteiger partial charge on any atom is 0.125 e. The van der Waals surface area contributed by atoms with Crippen molar-refractivity contribution < 1.29 is 9.13 Å². The first-order valence-corrected chi connectivity index (χ1v) is 9.73. The van der Waals surface area contributed by atoms with Crippen LogP contribution in [-0.4, -0.2) is 46.0 Å². The van der Waals surface area contributed by atoms with Gasteiger partial charge in [0, 0.05) is 30.6 Å². The Hall–Kier alpha value is -1.72. The van der Waals surface area contributed by atoms with Gasteiger partial charge in [0.05, 0.1) is 24.4 Å². The van der Waals surface area contributed by atoms with Crippen LogP contribution in [0.4, 0.5) is 4.39 Å². The summed E-state index contributed by atoms with van der Waals surface area (Å²) in [5.74, 6) is 0.265. The summed E-state index contributed by atoms with van der Waals surface area (Å²) in [5, 5.41) is 5.47. The van der Waals surface area contributed by atoms with Crippen LogP contribution in [0.5, 0.6) is 0 Å². The van der Waals surface area contributed by atoms with E-state index in [1.54, 1.807) is 12.1 Å². The molecule has 1 aromatic carbocycles. The minimum Gasteiger partial charge on any atom is -0.374 e. The molecular weight excluding hydrogens is 329 g/mol. The summed E-state index contributed by atoms with van der Waals surface area (Å²) in [5.41, 5.74) is 0.886. The second-order valence-corrected chi connectivity index (χ2v) is 7.93. The van der Waals surface area contributed by atoms with Gasteiger partial charge in [0.1, 0.15) is 5.82 Å². The van der Waals surface area contributed by atoms with Crippen LogP contribution in [0.2, 0.25) is 0 Å². The highest BCUT2D eigenvalue weighted by Gasteiger charge is 2.41. The summed E-state index contributed by atoms with van der Waals surface area (Å²) in [6.07, 6.45) is 8.87. The molecule has 0 spiro atoms. The molecule has 3 heterocycles. The van der Waals surface area contributed by atoms with E-state index in [9.17, 15) is 4.39 Å². The lowest BCUT2D eigenvalue weighted by Crippen LogP contribution is -2.47. The molecule has 2 aliphatic rings. The molecule has 2 saturated heterocycles. The summed E-state index contributed by atoms with van der Waals surface area (Å²) < 4.78 is 21.4. The Bertz CT molecular complexity index is 760. The molecule has 2 fully saturated rings. The van der Waals surface area contributed by atoms with Gasteiger partial charge in [0.15, 0.2) is 0 Å². The third kappa shape index (κ3) is 3.55. The molecule has 4 rings (SSSR count). The van der Waals surface area contributed by atoms with Crippen LogP contribution in [0.15, 0.2) is 37.1 Å². The number of nitrogens with zero attached hydrogens (tertiary/aromatic N) is 3. The zero-order valence-electron chi connectivity index (χ0n) is 15.5. The molecule has 2 aliphatic heterocycles. The largest absolute Gasteiger partial charge is 0.374 e. The van der Waals surface area contributed by atoms with Crippen molar-refractivity contribution in [3.05, 3.63) is 42.9 Å². The van der Waals surface area contributed by atoms with Gasteiger partial charge in [-0.1, -0.05) is 13.0 Å². The van der Waals surface area contributed by atoms with Crippen LogP contribution in [-0.2, 0) is 11.3 Å². The summed E-state index contributed by atoms with van der Waals surface area (Å²) in [7, 11) is 0. The lowest BCUT2D eigenvalue weighted by Gasteiger charge is -2.40. The molecule has 1 aromatic heterocycles. The van der Waals surface area contributed by atoms with E-state index in [2.05, 4.69) is 23.5 Å². The van der Waals surface area contributed by atoms with Crippen molar-refractivity contribution in [2.45, 2.75) is 57.3 Å². The highest BCUT2D eigenvalue weighted by Crippen LogP contribution is 2.37. The molecule has 3 atom stereocenters. The SMILES string of the molecule is C=CCOC1CC2CCC(C1)N2C[C@@H](C)Cn1ncc2ccc(F)cc21. The lowest BCUT2D eigenvalue weighted by molar-refractivity contribution is -0.0134. The molecule has 26 heavy (non-hydrogen) atoms. The first kappa shape index (κ1) is 17.7. The summed E-state index contributed by atoms with van der Waals surface area (Å²) >= 11 is 0. The topological polar surface area (TPSA) is 30.3 Å². The number of halogens is 1.